The van der Waals surface area contributed by atoms with Crippen molar-refractivity contribution in [2.24, 2.45) is 0 Å². The predicted octanol–water partition coefficient (Wildman–Crippen LogP) is 2.16. The summed E-state index contributed by atoms with van der Waals surface area (Å²) in [6, 6.07) is 0.252. The molecule has 4 nitrogen and oxygen atoms in total. The van der Waals surface area contributed by atoms with Crippen LogP contribution in [0.5, 0.6) is 0 Å². The number of hydrogen-bond acceptors (Lipinski definition) is 3. The Morgan fingerprint density at radius 1 is 1.50 bits per heavy atom. The van der Waals surface area contributed by atoms with Gasteiger partial charge in [0.2, 0.25) is 0 Å². The van der Waals surface area contributed by atoms with Crippen LogP contribution in [0, 0.1) is 0 Å². The van der Waals surface area contributed by atoms with E-state index in [1.54, 1.807) is 4.90 Å². The van der Waals surface area contributed by atoms with Crippen molar-refractivity contribution < 1.29 is 14.6 Å². The van der Waals surface area contributed by atoms with Crippen molar-refractivity contribution in [3.8, 4) is 0 Å². The van der Waals surface area contributed by atoms with Crippen LogP contribution in [0.25, 0.3) is 0 Å². The Morgan fingerprint density at radius 3 is 2.75 bits per heavy atom. The number of aliphatic hydroxyl groups excluding tert-OH is 1. The maximum absolute atomic E-state index is 11.9. The van der Waals surface area contributed by atoms with E-state index in [2.05, 4.69) is 0 Å². The summed E-state index contributed by atoms with van der Waals surface area (Å²) in [4.78, 5) is 13.7. The third kappa shape index (κ3) is 4.00. The zero-order valence-electron chi connectivity index (χ0n) is 10.5. The molecule has 1 N–H and O–H groups in total. The van der Waals surface area contributed by atoms with Crippen LogP contribution in [0.4, 0.5) is 4.79 Å². The van der Waals surface area contributed by atoms with Crippen LogP contribution in [0.1, 0.15) is 46.5 Å². The van der Waals surface area contributed by atoms with Crippen molar-refractivity contribution in [3.63, 3.8) is 0 Å². The molecule has 0 aromatic rings. The van der Waals surface area contributed by atoms with Gasteiger partial charge >= 0.3 is 6.09 Å². The predicted molar refractivity (Wildman–Crippen MR) is 62.3 cm³/mol. The van der Waals surface area contributed by atoms with Gasteiger partial charge in [0.1, 0.15) is 5.60 Å². The highest BCUT2D eigenvalue weighted by atomic mass is 16.6. The summed E-state index contributed by atoms with van der Waals surface area (Å²) in [5, 5.41) is 8.80. The van der Waals surface area contributed by atoms with E-state index in [4.69, 9.17) is 9.84 Å². The van der Waals surface area contributed by atoms with Crippen molar-refractivity contribution >= 4 is 6.09 Å². The van der Waals surface area contributed by atoms with Gasteiger partial charge in [-0.15, -0.1) is 0 Å². The standard InChI is InChI=1S/C12H23NO3/c1-12(2,3)16-11(15)13-8-4-6-10(13)7-5-9-14/h10,14H,4-9H2,1-3H3/t10-/m1/s1. The van der Waals surface area contributed by atoms with Gasteiger partial charge in [-0.05, 0) is 46.5 Å². The fourth-order valence-electron chi connectivity index (χ4n) is 2.02. The van der Waals surface area contributed by atoms with E-state index in [1.165, 1.54) is 0 Å². The van der Waals surface area contributed by atoms with E-state index >= 15 is 0 Å². The Hall–Kier alpha value is -0.770. The highest BCUT2D eigenvalue weighted by Crippen LogP contribution is 2.23. The van der Waals surface area contributed by atoms with Crippen LogP contribution in [0.3, 0.4) is 0 Å². The van der Waals surface area contributed by atoms with Gasteiger partial charge in [-0.25, -0.2) is 4.79 Å². The van der Waals surface area contributed by atoms with Crippen molar-refractivity contribution in [1.82, 2.24) is 4.90 Å². The third-order valence-corrected chi connectivity index (χ3v) is 2.70. The van der Waals surface area contributed by atoms with Gasteiger partial charge in [0.15, 0.2) is 0 Å². The Morgan fingerprint density at radius 2 is 2.19 bits per heavy atom. The Bertz CT molecular complexity index is 235. The summed E-state index contributed by atoms with van der Waals surface area (Å²) >= 11 is 0. The van der Waals surface area contributed by atoms with Gasteiger partial charge in [-0.2, -0.15) is 0 Å². The molecule has 94 valence electrons. The lowest BCUT2D eigenvalue weighted by atomic mass is 10.1. The lowest BCUT2D eigenvalue weighted by Crippen LogP contribution is -2.39. The second-order valence-corrected chi connectivity index (χ2v) is 5.34. The molecule has 1 fully saturated rings. The van der Waals surface area contributed by atoms with Crippen LogP contribution in [-0.2, 0) is 4.74 Å². The summed E-state index contributed by atoms with van der Waals surface area (Å²) in [6.07, 6.45) is 3.47. The number of amides is 1. The molecule has 0 radical (unpaired) electrons. The first kappa shape index (κ1) is 13.3. The lowest BCUT2D eigenvalue weighted by Gasteiger charge is -2.28. The van der Waals surface area contributed by atoms with Crippen LogP contribution in [0.2, 0.25) is 0 Å². The third-order valence-electron chi connectivity index (χ3n) is 2.70. The zero-order valence-corrected chi connectivity index (χ0v) is 10.5. The molecule has 1 aliphatic heterocycles. The Balaban J connectivity index is 2.47. The second-order valence-electron chi connectivity index (χ2n) is 5.34. The topological polar surface area (TPSA) is 49.8 Å². The molecule has 0 bridgehead atoms. The molecule has 1 saturated heterocycles. The van der Waals surface area contributed by atoms with Gasteiger partial charge in [0.05, 0.1) is 0 Å². The average Bonchev–Trinajstić information content (AvgIpc) is 2.59. The molecule has 16 heavy (non-hydrogen) atoms. The summed E-state index contributed by atoms with van der Waals surface area (Å²) < 4.78 is 5.36. The highest BCUT2D eigenvalue weighted by molar-refractivity contribution is 5.68. The monoisotopic (exact) mass is 229 g/mol. The molecule has 0 aromatic carbocycles. The number of rotatable bonds is 3. The van der Waals surface area contributed by atoms with Crippen molar-refractivity contribution in [3.05, 3.63) is 0 Å². The number of nitrogens with zero attached hydrogens (tertiary/aromatic N) is 1. The summed E-state index contributed by atoms with van der Waals surface area (Å²) in [7, 11) is 0. The number of ether oxygens (including phenoxy) is 1. The summed E-state index contributed by atoms with van der Waals surface area (Å²) in [5.41, 5.74) is -0.429. The molecule has 4 heteroatoms. The molecule has 0 saturated carbocycles. The number of hydrogen-bond donors (Lipinski definition) is 1. The minimum Gasteiger partial charge on any atom is -0.444 e. The minimum atomic E-state index is -0.429. The van der Waals surface area contributed by atoms with Crippen LogP contribution >= 0.6 is 0 Å². The van der Waals surface area contributed by atoms with Crippen LogP contribution in [-0.4, -0.2) is 40.9 Å². The number of likely N-dealkylation sites (tertiary alicyclic amines) is 1. The summed E-state index contributed by atoms with van der Waals surface area (Å²) in [5.74, 6) is 0. The minimum absolute atomic E-state index is 0.193. The first-order valence-electron chi connectivity index (χ1n) is 6.04. The molecule has 0 unspecified atom stereocenters. The number of carbonyl (C=O) groups excluding carboxylic acids is 1. The van der Waals surface area contributed by atoms with Crippen molar-refractivity contribution in [2.75, 3.05) is 13.2 Å². The largest absolute Gasteiger partial charge is 0.444 e. The van der Waals surface area contributed by atoms with Gasteiger partial charge in [0, 0.05) is 19.2 Å². The first-order valence-corrected chi connectivity index (χ1v) is 6.04. The maximum Gasteiger partial charge on any atom is 0.410 e. The quantitative estimate of drug-likeness (QED) is 0.806. The fraction of sp³-hybridized carbons (Fsp3) is 0.917. The number of carbonyl (C=O) groups is 1. The number of aliphatic hydroxyl groups is 1. The van der Waals surface area contributed by atoms with Crippen LogP contribution in [0.15, 0.2) is 0 Å². The van der Waals surface area contributed by atoms with Crippen molar-refractivity contribution in [1.29, 1.82) is 0 Å². The van der Waals surface area contributed by atoms with Crippen LogP contribution < -0.4 is 0 Å². The molecule has 1 aliphatic rings. The SMILES string of the molecule is CC(C)(C)OC(=O)N1CCC[C@@H]1CCCO. The molecular formula is C12H23NO3. The lowest BCUT2D eigenvalue weighted by molar-refractivity contribution is 0.0215. The van der Waals surface area contributed by atoms with E-state index in [-0.39, 0.29) is 18.7 Å². The van der Waals surface area contributed by atoms with E-state index in [0.717, 1.165) is 32.2 Å². The Labute approximate surface area is 97.6 Å². The highest BCUT2D eigenvalue weighted by Gasteiger charge is 2.31. The van der Waals surface area contributed by atoms with E-state index in [0.29, 0.717) is 0 Å². The molecule has 0 aliphatic carbocycles. The van der Waals surface area contributed by atoms with Gasteiger partial charge < -0.3 is 14.7 Å². The van der Waals surface area contributed by atoms with Crippen molar-refractivity contribution in [2.45, 2.75) is 58.1 Å². The molecule has 1 atom stereocenters. The van der Waals surface area contributed by atoms with E-state index in [1.807, 2.05) is 20.8 Å². The molecular weight excluding hydrogens is 206 g/mol. The van der Waals surface area contributed by atoms with Gasteiger partial charge in [0.25, 0.3) is 0 Å². The maximum atomic E-state index is 11.9. The molecule has 0 spiro atoms. The van der Waals surface area contributed by atoms with Gasteiger partial charge in [-0.3, -0.25) is 0 Å². The normalized spacial score (nSPS) is 21.2. The molecule has 1 heterocycles. The molecule has 0 aromatic heterocycles. The molecule has 1 amide bonds. The molecule has 1 rings (SSSR count). The smallest absolute Gasteiger partial charge is 0.410 e. The first-order chi connectivity index (χ1) is 7.44. The second kappa shape index (κ2) is 5.53. The van der Waals surface area contributed by atoms with E-state index < -0.39 is 5.60 Å². The average molecular weight is 229 g/mol. The van der Waals surface area contributed by atoms with E-state index in [9.17, 15) is 4.79 Å². The fourth-order valence-corrected chi connectivity index (χ4v) is 2.02. The van der Waals surface area contributed by atoms with Gasteiger partial charge in [-0.1, -0.05) is 0 Å². The Kier molecular flexibility index (Phi) is 4.59. The summed E-state index contributed by atoms with van der Waals surface area (Å²) in [6.45, 7) is 6.61. The zero-order chi connectivity index (χ0) is 12.2.